The van der Waals surface area contributed by atoms with Gasteiger partial charge in [-0.25, -0.2) is 0 Å². The number of nitrogens with one attached hydrogen (secondary N) is 1. The van der Waals surface area contributed by atoms with Crippen LogP contribution in [0.15, 0.2) is 30.5 Å². The van der Waals surface area contributed by atoms with Crippen molar-refractivity contribution in [2.45, 2.75) is 19.3 Å². The molecule has 0 spiro atoms. The Labute approximate surface area is 119 Å². The van der Waals surface area contributed by atoms with Crippen LogP contribution >= 0.6 is 0 Å². The van der Waals surface area contributed by atoms with Gasteiger partial charge in [-0.2, -0.15) is 0 Å². The lowest BCUT2D eigenvalue weighted by molar-refractivity contribution is 0.124. The van der Waals surface area contributed by atoms with Crippen LogP contribution in [-0.2, 0) is 4.74 Å². The molecule has 1 aromatic carbocycles. The maximum Gasteiger partial charge on any atom is 0.0951 e. The molecule has 20 heavy (non-hydrogen) atoms. The molecule has 0 saturated heterocycles. The van der Waals surface area contributed by atoms with Gasteiger partial charge >= 0.3 is 0 Å². The molecule has 1 aromatic heterocycles. The van der Waals surface area contributed by atoms with Crippen molar-refractivity contribution in [1.82, 2.24) is 4.98 Å². The van der Waals surface area contributed by atoms with Crippen LogP contribution in [-0.4, -0.2) is 24.7 Å². The smallest absolute Gasteiger partial charge is 0.0951 e. The van der Waals surface area contributed by atoms with Gasteiger partial charge in [-0.15, -0.1) is 0 Å². The monoisotopic (exact) mass is 271 g/mol. The fourth-order valence-electron chi connectivity index (χ4n) is 2.28. The van der Waals surface area contributed by atoms with Crippen molar-refractivity contribution in [3.8, 4) is 0 Å². The van der Waals surface area contributed by atoms with Crippen LogP contribution in [0, 0.1) is 5.92 Å². The van der Waals surface area contributed by atoms with Crippen LogP contribution in [0.1, 0.15) is 19.3 Å². The zero-order valence-corrected chi connectivity index (χ0v) is 11.6. The van der Waals surface area contributed by atoms with E-state index in [1.165, 1.54) is 12.8 Å². The van der Waals surface area contributed by atoms with E-state index in [4.69, 9.17) is 10.5 Å². The molecule has 0 amide bonds. The first kappa shape index (κ1) is 13.2. The van der Waals surface area contributed by atoms with E-state index in [1.807, 2.05) is 24.3 Å². The third kappa shape index (κ3) is 3.20. The highest BCUT2D eigenvalue weighted by molar-refractivity contribution is 5.98. The zero-order chi connectivity index (χ0) is 13.8. The fourth-order valence-corrected chi connectivity index (χ4v) is 2.28. The first-order valence-corrected chi connectivity index (χ1v) is 7.29. The van der Waals surface area contributed by atoms with Crippen molar-refractivity contribution in [2.24, 2.45) is 5.92 Å². The number of ether oxygens (including phenoxy) is 1. The number of anilines is 2. The van der Waals surface area contributed by atoms with E-state index in [2.05, 4.69) is 10.3 Å². The van der Waals surface area contributed by atoms with Gasteiger partial charge in [0.2, 0.25) is 0 Å². The summed E-state index contributed by atoms with van der Waals surface area (Å²) >= 11 is 0. The second-order valence-corrected chi connectivity index (χ2v) is 5.40. The van der Waals surface area contributed by atoms with Crippen molar-refractivity contribution in [2.75, 3.05) is 30.8 Å². The minimum absolute atomic E-state index is 0.721. The molecule has 0 atom stereocenters. The number of nitrogens with zero attached hydrogens (tertiary/aromatic N) is 1. The van der Waals surface area contributed by atoms with Crippen LogP contribution in [0.3, 0.4) is 0 Å². The highest BCUT2D eigenvalue weighted by Gasteiger charge is 2.20. The summed E-state index contributed by atoms with van der Waals surface area (Å²) < 4.78 is 5.63. The summed E-state index contributed by atoms with van der Waals surface area (Å²) in [6.07, 6.45) is 5.48. The van der Waals surface area contributed by atoms with Crippen LogP contribution < -0.4 is 11.1 Å². The molecule has 0 radical (unpaired) electrons. The van der Waals surface area contributed by atoms with Crippen molar-refractivity contribution < 1.29 is 4.74 Å². The van der Waals surface area contributed by atoms with E-state index < -0.39 is 0 Å². The molecule has 1 fully saturated rings. The van der Waals surface area contributed by atoms with E-state index in [0.29, 0.717) is 0 Å². The Morgan fingerprint density at radius 1 is 1.30 bits per heavy atom. The lowest BCUT2D eigenvalue weighted by atomic mass is 10.1. The van der Waals surface area contributed by atoms with Crippen molar-refractivity contribution >= 4 is 22.3 Å². The van der Waals surface area contributed by atoms with E-state index in [9.17, 15) is 0 Å². The number of hydrogen-bond donors (Lipinski definition) is 2. The molecule has 106 valence electrons. The standard InChI is InChI=1S/C16H21N3O/c17-14-6-7-15(13-3-1-8-19-16(13)14)18-9-2-10-20-11-12-4-5-12/h1,3,6-8,12,18H,2,4-5,9-11,17H2. The Bertz CT molecular complexity index is 581. The van der Waals surface area contributed by atoms with Gasteiger partial charge in [0.1, 0.15) is 0 Å². The number of benzene rings is 1. The number of nitrogens with two attached hydrogens (primary N) is 1. The normalized spacial score (nSPS) is 14.6. The van der Waals surface area contributed by atoms with E-state index in [-0.39, 0.29) is 0 Å². The number of nitrogen functional groups attached to an aromatic ring is 1. The largest absolute Gasteiger partial charge is 0.397 e. The maximum atomic E-state index is 5.94. The van der Waals surface area contributed by atoms with E-state index in [0.717, 1.165) is 54.4 Å². The Kier molecular flexibility index (Phi) is 4.02. The molecule has 4 heteroatoms. The van der Waals surface area contributed by atoms with Gasteiger partial charge in [0.15, 0.2) is 0 Å². The van der Waals surface area contributed by atoms with Gasteiger partial charge in [0.05, 0.1) is 11.2 Å². The van der Waals surface area contributed by atoms with Crippen LogP contribution in [0.4, 0.5) is 11.4 Å². The van der Waals surface area contributed by atoms with Gasteiger partial charge in [-0.1, -0.05) is 0 Å². The number of hydrogen-bond acceptors (Lipinski definition) is 4. The van der Waals surface area contributed by atoms with Crippen molar-refractivity contribution in [3.05, 3.63) is 30.5 Å². The van der Waals surface area contributed by atoms with Crippen molar-refractivity contribution in [3.63, 3.8) is 0 Å². The summed E-state index contributed by atoms with van der Waals surface area (Å²) in [5.74, 6) is 0.843. The lowest BCUT2D eigenvalue weighted by Crippen LogP contribution is -2.07. The first-order chi connectivity index (χ1) is 9.84. The van der Waals surface area contributed by atoms with Gasteiger partial charge in [-0.3, -0.25) is 4.98 Å². The SMILES string of the molecule is Nc1ccc(NCCCOCC2CC2)c2cccnc12. The third-order valence-corrected chi connectivity index (χ3v) is 3.63. The topological polar surface area (TPSA) is 60.2 Å². The summed E-state index contributed by atoms with van der Waals surface area (Å²) in [5, 5.41) is 4.52. The molecular formula is C16H21N3O. The Hall–Kier alpha value is -1.81. The zero-order valence-electron chi connectivity index (χ0n) is 11.6. The molecule has 0 bridgehead atoms. The number of aromatic nitrogens is 1. The molecule has 0 unspecified atom stereocenters. The molecule has 3 N–H and O–H groups in total. The summed E-state index contributed by atoms with van der Waals surface area (Å²) in [5.41, 5.74) is 8.62. The van der Waals surface area contributed by atoms with Gasteiger partial charge in [0.25, 0.3) is 0 Å². The number of pyridine rings is 1. The first-order valence-electron chi connectivity index (χ1n) is 7.29. The Morgan fingerprint density at radius 2 is 2.20 bits per heavy atom. The average Bonchev–Trinajstić information content (AvgIpc) is 3.29. The molecule has 3 rings (SSSR count). The highest BCUT2D eigenvalue weighted by atomic mass is 16.5. The van der Waals surface area contributed by atoms with Crippen LogP contribution in [0.25, 0.3) is 10.9 Å². The molecule has 1 saturated carbocycles. The lowest BCUT2D eigenvalue weighted by Gasteiger charge is -2.11. The van der Waals surface area contributed by atoms with Crippen molar-refractivity contribution in [1.29, 1.82) is 0 Å². The van der Waals surface area contributed by atoms with Gasteiger partial charge < -0.3 is 15.8 Å². The minimum Gasteiger partial charge on any atom is -0.397 e. The second kappa shape index (κ2) is 6.09. The molecule has 2 aromatic rings. The predicted molar refractivity (Wildman–Crippen MR) is 82.8 cm³/mol. The maximum absolute atomic E-state index is 5.94. The Morgan fingerprint density at radius 3 is 3.05 bits per heavy atom. The van der Waals surface area contributed by atoms with E-state index >= 15 is 0 Å². The quantitative estimate of drug-likeness (QED) is 0.600. The summed E-state index contributed by atoms with van der Waals surface area (Å²) in [4.78, 5) is 4.34. The van der Waals surface area contributed by atoms with Gasteiger partial charge in [0, 0.05) is 37.0 Å². The van der Waals surface area contributed by atoms with E-state index in [1.54, 1.807) is 6.20 Å². The second-order valence-electron chi connectivity index (χ2n) is 5.40. The molecule has 1 aliphatic carbocycles. The molecular weight excluding hydrogens is 250 g/mol. The number of fused-ring (bicyclic) bond motifs is 1. The van der Waals surface area contributed by atoms with Gasteiger partial charge in [-0.05, 0) is 49.4 Å². The average molecular weight is 271 g/mol. The summed E-state index contributed by atoms with van der Waals surface area (Å²) in [6, 6.07) is 7.90. The van der Waals surface area contributed by atoms with Crippen LogP contribution in [0.5, 0.6) is 0 Å². The predicted octanol–water partition coefficient (Wildman–Crippen LogP) is 3.05. The molecule has 1 heterocycles. The summed E-state index contributed by atoms with van der Waals surface area (Å²) in [7, 11) is 0. The third-order valence-electron chi connectivity index (χ3n) is 3.63. The Balaban J connectivity index is 1.53. The summed E-state index contributed by atoms with van der Waals surface area (Å²) in [6.45, 7) is 2.67. The highest BCUT2D eigenvalue weighted by Crippen LogP contribution is 2.29. The molecule has 4 nitrogen and oxygen atoms in total. The molecule has 0 aliphatic heterocycles. The minimum atomic E-state index is 0.721. The fraction of sp³-hybridized carbons (Fsp3) is 0.438. The molecule has 1 aliphatic rings. The van der Waals surface area contributed by atoms with Crippen LogP contribution in [0.2, 0.25) is 0 Å². The number of rotatable bonds is 7.